The third-order valence-electron chi connectivity index (χ3n) is 3.75. The molecule has 0 bridgehead atoms. The van der Waals surface area contributed by atoms with Crippen molar-refractivity contribution in [3.05, 3.63) is 35.9 Å². The van der Waals surface area contributed by atoms with Gasteiger partial charge in [-0.25, -0.2) is 0 Å². The average Bonchev–Trinajstić information content (AvgIpc) is 3.18. The van der Waals surface area contributed by atoms with E-state index in [-0.39, 0.29) is 11.8 Å². The molecular weight excluding hydrogens is 270 g/mol. The van der Waals surface area contributed by atoms with E-state index in [0.717, 1.165) is 38.1 Å². The van der Waals surface area contributed by atoms with Crippen molar-refractivity contribution in [2.45, 2.75) is 38.5 Å². The quantitative estimate of drug-likeness (QED) is 0.865. The minimum absolute atomic E-state index is 0.0713. The van der Waals surface area contributed by atoms with E-state index >= 15 is 0 Å². The predicted molar refractivity (Wildman–Crippen MR) is 74.9 cm³/mol. The molecule has 1 saturated heterocycles. The van der Waals surface area contributed by atoms with Gasteiger partial charge in [0.1, 0.15) is 0 Å². The highest BCUT2D eigenvalue weighted by Gasteiger charge is 2.29. The average molecular weight is 289 g/mol. The number of furan rings is 1. The highest BCUT2D eigenvalue weighted by atomic mass is 16.5. The minimum Gasteiger partial charge on any atom is -0.459 e. The van der Waals surface area contributed by atoms with Crippen LogP contribution in [-0.2, 0) is 6.42 Å². The van der Waals surface area contributed by atoms with Gasteiger partial charge >= 0.3 is 0 Å². The van der Waals surface area contributed by atoms with Crippen molar-refractivity contribution in [2.24, 2.45) is 0 Å². The van der Waals surface area contributed by atoms with Crippen LogP contribution in [0.1, 0.15) is 54.4 Å². The normalized spacial score (nSPS) is 18.9. The second kappa shape index (κ2) is 6.11. The molecule has 1 fully saturated rings. The van der Waals surface area contributed by atoms with Gasteiger partial charge in [-0.2, -0.15) is 4.98 Å². The van der Waals surface area contributed by atoms with E-state index < -0.39 is 0 Å². The van der Waals surface area contributed by atoms with Crippen LogP contribution in [0.3, 0.4) is 0 Å². The van der Waals surface area contributed by atoms with Crippen molar-refractivity contribution < 1.29 is 13.7 Å². The standard InChI is InChI=1S/C15H19N3O3/c1-2-5-13-16-14(21-17-13)11-6-3-8-18(10-11)15(19)12-7-4-9-20-12/h4,7,9,11H,2-3,5-6,8,10H2,1H3/t11-/m0/s1. The minimum atomic E-state index is -0.0713. The summed E-state index contributed by atoms with van der Waals surface area (Å²) in [6.45, 7) is 3.43. The van der Waals surface area contributed by atoms with Gasteiger partial charge in [0.15, 0.2) is 11.6 Å². The maximum Gasteiger partial charge on any atom is 0.289 e. The second-order valence-electron chi connectivity index (χ2n) is 5.37. The van der Waals surface area contributed by atoms with E-state index in [0.29, 0.717) is 18.2 Å². The first-order valence-corrected chi connectivity index (χ1v) is 7.43. The lowest BCUT2D eigenvalue weighted by atomic mass is 9.98. The molecule has 6 heteroatoms. The maximum absolute atomic E-state index is 12.3. The molecule has 1 aliphatic rings. The number of piperidine rings is 1. The van der Waals surface area contributed by atoms with Crippen LogP contribution in [0.2, 0.25) is 0 Å². The van der Waals surface area contributed by atoms with E-state index in [1.165, 1.54) is 6.26 Å². The first kappa shape index (κ1) is 13.9. The Bertz CT molecular complexity index is 591. The number of rotatable bonds is 4. The van der Waals surface area contributed by atoms with Gasteiger partial charge in [-0.3, -0.25) is 4.79 Å². The van der Waals surface area contributed by atoms with Gasteiger partial charge in [0.25, 0.3) is 5.91 Å². The molecule has 1 aliphatic heterocycles. The Balaban J connectivity index is 1.69. The highest BCUT2D eigenvalue weighted by Crippen LogP contribution is 2.26. The van der Waals surface area contributed by atoms with Gasteiger partial charge < -0.3 is 13.8 Å². The molecule has 0 radical (unpaired) electrons. The van der Waals surface area contributed by atoms with Gasteiger partial charge in [-0.1, -0.05) is 12.1 Å². The van der Waals surface area contributed by atoms with E-state index in [4.69, 9.17) is 8.94 Å². The fourth-order valence-electron chi connectivity index (χ4n) is 2.68. The zero-order valence-electron chi connectivity index (χ0n) is 12.1. The fourth-order valence-corrected chi connectivity index (χ4v) is 2.68. The number of nitrogens with zero attached hydrogens (tertiary/aromatic N) is 3. The van der Waals surface area contributed by atoms with E-state index in [2.05, 4.69) is 17.1 Å². The van der Waals surface area contributed by atoms with Crippen molar-refractivity contribution in [2.75, 3.05) is 13.1 Å². The third-order valence-corrected chi connectivity index (χ3v) is 3.75. The highest BCUT2D eigenvalue weighted by molar-refractivity contribution is 5.91. The summed E-state index contributed by atoms with van der Waals surface area (Å²) < 4.78 is 10.5. The van der Waals surface area contributed by atoms with Crippen LogP contribution in [0.15, 0.2) is 27.3 Å². The van der Waals surface area contributed by atoms with Gasteiger partial charge in [0, 0.05) is 19.5 Å². The second-order valence-corrected chi connectivity index (χ2v) is 5.37. The van der Waals surface area contributed by atoms with Gasteiger partial charge in [-0.05, 0) is 31.4 Å². The monoisotopic (exact) mass is 289 g/mol. The predicted octanol–water partition coefficient (Wildman–Crippen LogP) is 2.63. The summed E-state index contributed by atoms with van der Waals surface area (Å²) in [6, 6.07) is 3.42. The van der Waals surface area contributed by atoms with Crippen LogP contribution in [-0.4, -0.2) is 34.0 Å². The Labute approximate surface area is 123 Å². The summed E-state index contributed by atoms with van der Waals surface area (Å²) in [5, 5.41) is 3.99. The lowest BCUT2D eigenvalue weighted by molar-refractivity contribution is 0.0663. The SMILES string of the molecule is CCCc1noc([C@H]2CCCN(C(=O)c3ccco3)C2)n1. The molecule has 3 heterocycles. The molecular formula is C15H19N3O3. The van der Waals surface area contributed by atoms with Crippen LogP contribution in [0.5, 0.6) is 0 Å². The van der Waals surface area contributed by atoms with Gasteiger partial charge in [-0.15, -0.1) is 0 Å². The van der Waals surface area contributed by atoms with Crippen LogP contribution in [0.4, 0.5) is 0 Å². The van der Waals surface area contributed by atoms with Crippen LogP contribution >= 0.6 is 0 Å². The van der Waals surface area contributed by atoms with Gasteiger partial charge in [0.05, 0.1) is 12.2 Å². The number of hydrogen-bond acceptors (Lipinski definition) is 5. The van der Waals surface area contributed by atoms with E-state index in [1.807, 2.05) is 0 Å². The zero-order chi connectivity index (χ0) is 14.7. The van der Waals surface area contributed by atoms with Crippen molar-refractivity contribution >= 4 is 5.91 Å². The molecule has 0 saturated carbocycles. The number of aryl methyl sites for hydroxylation is 1. The summed E-state index contributed by atoms with van der Waals surface area (Å²) in [6.07, 6.45) is 5.24. The molecule has 0 unspecified atom stereocenters. The molecule has 0 spiro atoms. The molecule has 0 aromatic carbocycles. The Kier molecular flexibility index (Phi) is 4.03. The van der Waals surface area contributed by atoms with Crippen LogP contribution in [0.25, 0.3) is 0 Å². The fraction of sp³-hybridized carbons (Fsp3) is 0.533. The molecule has 21 heavy (non-hydrogen) atoms. The zero-order valence-corrected chi connectivity index (χ0v) is 12.1. The molecule has 2 aromatic rings. The first-order chi connectivity index (χ1) is 10.3. The third kappa shape index (κ3) is 2.99. The van der Waals surface area contributed by atoms with Crippen LogP contribution in [0, 0.1) is 0 Å². The van der Waals surface area contributed by atoms with E-state index in [1.54, 1.807) is 17.0 Å². The number of aromatic nitrogens is 2. The Morgan fingerprint density at radius 1 is 1.52 bits per heavy atom. The number of likely N-dealkylation sites (tertiary alicyclic amines) is 1. The Morgan fingerprint density at radius 3 is 3.19 bits per heavy atom. The molecule has 0 N–H and O–H groups in total. The van der Waals surface area contributed by atoms with Crippen molar-refractivity contribution in [3.63, 3.8) is 0 Å². The lowest BCUT2D eigenvalue weighted by Crippen LogP contribution is -2.39. The Morgan fingerprint density at radius 2 is 2.43 bits per heavy atom. The molecule has 0 aliphatic carbocycles. The Hall–Kier alpha value is -2.11. The van der Waals surface area contributed by atoms with Crippen molar-refractivity contribution in [3.8, 4) is 0 Å². The van der Waals surface area contributed by atoms with Gasteiger partial charge in [0.2, 0.25) is 5.89 Å². The van der Waals surface area contributed by atoms with Crippen LogP contribution < -0.4 is 0 Å². The maximum atomic E-state index is 12.3. The summed E-state index contributed by atoms with van der Waals surface area (Å²) >= 11 is 0. The molecule has 3 rings (SSSR count). The molecule has 2 aromatic heterocycles. The topological polar surface area (TPSA) is 72.4 Å². The number of amides is 1. The lowest BCUT2D eigenvalue weighted by Gasteiger charge is -2.30. The number of hydrogen-bond donors (Lipinski definition) is 0. The smallest absolute Gasteiger partial charge is 0.289 e. The molecule has 1 amide bonds. The number of carbonyl (C=O) groups is 1. The number of carbonyl (C=O) groups excluding carboxylic acids is 1. The molecule has 1 atom stereocenters. The molecule has 6 nitrogen and oxygen atoms in total. The largest absolute Gasteiger partial charge is 0.459 e. The molecule has 112 valence electrons. The first-order valence-electron chi connectivity index (χ1n) is 7.43. The summed E-state index contributed by atoms with van der Waals surface area (Å²) in [5.74, 6) is 1.83. The van der Waals surface area contributed by atoms with Crippen molar-refractivity contribution in [1.82, 2.24) is 15.0 Å². The van der Waals surface area contributed by atoms with Crippen molar-refractivity contribution in [1.29, 1.82) is 0 Å². The summed E-state index contributed by atoms with van der Waals surface area (Å²) in [4.78, 5) is 18.6. The summed E-state index contributed by atoms with van der Waals surface area (Å²) in [5.41, 5.74) is 0. The van der Waals surface area contributed by atoms with E-state index in [9.17, 15) is 4.79 Å². The summed E-state index contributed by atoms with van der Waals surface area (Å²) in [7, 11) is 0.